The molecule has 3 aromatic heterocycles. The number of aromatic amines is 1. The lowest BCUT2D eigenvalue weighted by molar-refractivity contribution is 1.11. The van der Waals surface area contributed by atoms with Crippen LogP contribution in [0.3, 0.4) is 0 Å². The maximum absolute atomic E-state index is 5.71. The highest BCUT2D eigenvalue weighted by molar-refractivity contribution is 7.25. The van der Waals surface area contributed by atoms with Crippen LogP contribution in [0.4, 0.5) is 5.82 Å². The SMILES string of the molecule is Cc1c(N)n[nH]c1-c1cc2cscc2s1. The van der Waals surface area contributed by atoms with E-state index in [1.54, 1.807) is 22.7 Å². The zero-order valence-corrected chi connectivity index (χ0v) is 9.71. The quantitative estimate of drug-likeness (QED) is 0.680. The van der Waals surface area contributed by atoms with Crippen LogP contribution in [0, 0.1) is 6.92 Å². The van der Waals surface area contributed by atoms with E-state index in [0.29, 0.717) is 5.82 Å². The number of nitrogens with two attached hydrogens (primary N) is 1. The molecule has 3 rings (SSSR count). The summed E-state index contributed by atoms with van der Waals surface area (Å²) in [6.45, 7) is 1.99. The first-order valence-electron chi connectivity index (χ1n) is 4.52. The number of H-pyrrole nitrogens is 1. The molecule has 0 aliphatic heterocycles. The van der Waals surface area contributed by atoms with Crippen molar-refractivity contribution in [2.24, 2.45) is 0 Å². The lowest BCUT2D eigenvalue weighted by Crippen LogP contribution is -1.85. The van der Waals surface area contributed by atoms with Gasteiger partial charge in [0.25, 0.3) is 0 Å². The predicted octanol–water partition coefficient (Wildman–Crippen LogP) is 3.24. The topological polar surface area (TPSA) is 54.7 Å². The van der Waals surface area contributed by atoms with Crippen molar-refractivity contribution in [3.05, 3.63) is 22.4 Å². The van der Waals surface area contributed by atoms with Gasteiger partial charge in [0.15, 0.2) is 0 Å². The largest absolute Gasteiger partial charge is 0.382 e. The van der Waals surface area contributed by atoms with E-state index in [2.05, 4.69) is 27.0 Å². The summed E-state index contributed by atoms with van der Waals surface area (Å²) in [6.07, 6.45) is 0. The van der Waals surface area contributed by atoms with Crippen molar-refractivity contribution in [1.29, 1.82) is 0 Å². The smallest absolute Gasteiger partial charge is 0.148 e. The van der Waals surface area contributed by atoms with E-state index < -0.39 is 0 Å². The van der Waals surface area contributed by atoms with E-state index in [1.807, 2.05) is 6.92 Å². The van der Waals surface area contributed by atoms with E-state index in [-0.39, 0.29) is 0 Å². The lowest BCUT2D eigenvalue weighted by atomic mass is 10.2. The molecule has 0 radical (unpaired) electrons. The highest BCUT2D eigenvalue weighted by atomic mass is 32.1. The molecule has 0 saturated heterocycles. The van der Waals surface area contributed by atoms with Crippen LogP contribution in [0.1, 0.15) is 5.56 Å². The molecule has 0 aromatic carbocycles. The Balaban J connectivity index is 2.21. The van der Waals surface area contributed by atoms with Gasteiger partial charge in [-0.1, -0.05) is 0 Å². The summed E-state index contributed by atoms with van der Waals surface area (Å²) < 4.78 is 1.32. The molecule has 3 nitrogen and oxygen atoms in total. The number of thiophene rings is 2. The van der Waals surface area contributed by atoms with Crippen LogP contribution in [0.15, 0.2) is 16.8 Å². The average Bonchev–Trinajstić information content (AvgIpc) is 2.82. The Bertz CT molecular complexity index is 589. The van der Waals surface area contributed by atoms with Crippen LogP contribution in [0.5, 0.6) is 0 Å². The normalized spacial score (nSPS) is 11.3. The van der Waals surface area contributed by atoms with Gasteiger partial charge < -0.3 is 5.73 Å². The number of fused-ring (bicyclic) bond motifs is 1. The highest BCUT2D eigenvalue weighted by Crippen LogP contribution is 2.36. The summed E-state index contributed by atoms with van der Waals surface area (Å²) in [5.74, 6) is 0.584. The molecule has 5 heteroatoms. The van der Waals surface area contributed by atoms with Crippen molar-refractivity contribution in [2.45, 2.75) is 6.92 Å². The third-order valence-corrected chi connectivity index (χ3v) is 4.48. The van der Waals surface area contributed by atoms with Crippen LogP contribution in [0.2, 0.25) is 0 Å². The molecule has 0 aliphatic carbocycles. The van der Waals surface area contributed by atoms with E-state index in [9.17, 15) is 0 Å². The van der Waals surface area contributed by atoms with Gasteiger partial charge >= 0.3 is 0 Å². The summed E-state index contributed by atoms with van der Waals surface area (Å²) >= 11 is 3.50. The van der Waals surface area contributed by atoms with Gasteiger partial charge in [0.2, 0.25) is 0 Å². The monoisotopic (exact) mass is 235 g/mol. The number of nitrogen functional groups attached to an aromatic ring is 1. The molecular weight excluding hydrogens is 226 g/mol. The standard InChI is InChI=1S/C10H9N3S2/c1-5-9(12-13-10(5)11)7-2-6-3-14-4-8(6)15-7/h2-4H,1H3,(H3,11,12,13). The number of aromatic nitrogens is 2. The molecule has 0 bridgehead atoms. The van der Waals surface area contributed by atoms with Gasteiger partial charge in [0, 0.05) is 21.0 Å². The maximum Gasteiger partial charge on any atom is 0.148 e. The Morgan fingerprint density at radius 2 is 2.27 bits per heavy atom. The minimum Gasteiger partial charge on any atom is -0.382 e. The Kier molecular flexibility index (Phi) is 1.83. The number of hydrogen-bond acceptors (Lipinski definition) is 4. The lowest BCUT2D eigenvalue weighted by Gasteiger charge is -1.92. The summed E-state index contributed by atoms with van der Waals surface area (Å²) in [5, 5.41) is 12.6. The van der Waals surface area contributed by atoms with Crippen molar-refractivity contribution in [3.63, 3.8) is 0 Å². The van der Waals surface area contributed by atoms with Gasteiger partial charge in [-0.25, -0.2) is 0 Å². The zero-order valence-electron chi connectivity index (χ0n) is 8.07. The van der Waals surface area contributed by atoms with Gasteiger partial charge in [-0.05, 0) is 18.4 Å². The van der Waals surface area contributed by atoms with Crippen molar-refractivity contribution in [3.8, 4) is 10.6 Å². The second-order valence-electron chi connectivity index (χ2n) is 3.41. The summed E-state index contributed by atoms with van der Waals surface area (Å²) in [7, 11) is 0. The molecule has 76 valence electrons. The molecule has 0 unspecified atom stereocenters. The predicted molar refractivity (Wildman–Crippen MR) is 66.4 cm³/mol. The molecule has 0 saturated carbocycles. The third-order valence-electron chi connectivity index (χ3n) is 2.45. The van der Waals surface area contributed by atoms with E-state index in [0.717, 1.165) is 11.3 Å². The molecule has 0 amide bonds. The first-order valence-corrected chi connectivity index (χ1v) is 6.28. The molecule has 0 spiro atoms. The number of anilines is 1. The zero-order chi connectivity index (χ0) is 10.4. The Morgan fingerprint density at radius 3 is 2.93 bits per heavy atom. The van der Waals surface area contributed by atoms with E-state index in [4.69, 9.17) is 5.73 Å². The number of hydrogen-bond donors (Lipinski definition) is 2. The van der Waals surface area contributed by atoms with E-state index in [1.165, 1.54) is 15.0 Å². The van der Waals surface area contributed by atoms with Crippen LogP contribution in [-0.4, -0.2) is 10.2 Å². The Morgan fingerprint density at radius 1 is 1.40 bits per heavy atom. The number of rotatable bonds is 1. The van der Waals surface area contributed by atoms with Crippen LogP contribution >= 0.6 is 22.7 Å². The van der Waals surface area contributed by atoms with Crippen molar-refractivity contribution >= 4 is 38.6 Å². The number of nitrogens with zero attached hydrogens (tertiary/aromatic N) is 1. The molecule has 0 fully saturated rings. The van der Waals surface area contributed by atoms with Crippen molar-refractivity contribution < 1.29 is 0 Å². The van der Waals surface area contributed by atoms with Crippen LogP contribution in [0.25, 0.3) is 20.7 Å². The minimum atomic E-state index is 0.584. The highest BCUT2D eigenvalue weighted by Gasteiger charge is 2.11. The van der Waals surface area contributed by atoms with Crippen molar-refractivity contribution in [2.75, 3.05) is 5.73 Å². The second-order valence-corrected chi connectivity index (χ2v) is 5.24. The molecule has 3 aromatic rings. The van der Waals surface area contributed by atoms with Crippen LogP contribution < -0.4 is 5.73 Å². The van der Waals surface area contributed by atoms with Gasteiger partial charge in [-0.2, -0.15) is 16.4 Å². The minimum absolute atomic E-state index is 0.584. The molecular formula is C10H9N3S2. The fourth-order valence-corrected chi connectivity index (χ4v) is 3.61. The fourth-order valence-electron chi connectivity index (χ4n) is 1.55. The first kappa shape index (κ1) is 8.94. The summed E-state index contributed by atoms with van der Waals surface area (Å²) in [4.78, 5) is 1.20. The molecule has 0 aliphatic rings. The third kappa shape index (κ3) is 1.27. The van der Waals surface area contributed by atoms with Crippen molar-refractivity contribution in [1.82, 2.24) is 10.2 Å². The van der Waals surface area contributed by atoms with Gasteiger partial charge in [-0.3, -0.25) is 5.10 Å². The molecule has 3 N–H and O–H groups in total. The Hall–Kier alpha value is -1.33. The number of nitrogens with one attached hydrogen (secondary N) is 1. The molecule has 3 heterocycles. The van der Waals surface area contributed by atoms with Gasteiger partial charge in [0.1, 0.15) is 5.82 Å². The Labute approximate surface area is 94.6 Å². The van der Waals surface area contributed by atoms with Crippen LogP contribution in [-0.2, 0) is 0 Å². The average molecular weight is 235 g/mol. The second kappa shape index (κ2) is 3.08. The van der Waals surface area contributed by atoms with Gasteiger partial charge in [-0.15, -0.1) is 11.3 Å². The first-order chi connectivity index (χ1) is 7.25. The summed E-state index contributed by atoms with van der Waals surface area (Å²) in [6, 6.07) is 2.18. The van der Waals surface area contributed by atoms with Gasteiger partial charge in [0.05, 0.1) is 10.6 Å². The van der Waals surface area contributed by atoms with E-state index >= 15 is 0 Å². The fraction of sp³-hybridized carbons (Fsp3) is 0.100. The molecule has 0 atom stereocenters. The summed E-state index contributed by atoms with van der Waals surface area (Å²) in [5.41, 5.74) is 7.78. The molecule has 15 heavy (non-hydrogen) atoms. The maximum atomic E-state index is 5.71.